The van der Waals surface area contributed by atoms with Gasteiger partial charge in [0.25, 0.3) is 0 Å². The van der Waals surface area contributed by atoms with Gasteiger partial charge in [0.15, 0.2) is 6.29 Å². The Bertz CT molecular complexity index is 596. The Morgan fingerprint density at radius 1 is 1.22 bits per heavy atom. The lowest BCUT2D eigenvalue weighted by atomic mass is 10.00. The van der Waals surface area contributed by atoms with Crippen LogP contribution < -0.4 is 4.74 Å². The van der Waals surface area contributed by atoms with Gasteiger partial charge in [-0.3, -0.25) is 4.79 Å². The van der Waals surface area contributed by atoms with Gasteiger partial charge in [-0.1, -0.05) is 17.7 Å². The molecule has 0 aliphatic carbocycles. The summed E-state index contributed by atoms with van der Waals surface area (Å²) >= 11 is 6.01. The van der Waals surface area contributed by atoms with Crippen molar-refractivity contribution in [1.29, 1.82) is 0 Å². The molecule has 0 N–H and O–H groups in total. The summed E-state index contributed by atoms with van der Waals surface area (Å²) in [5.41, 5.74) is 1.59. The summed E-state index contributed by atoms with van der Waals surface area (Å²) in [4.78, 5) is 10.9. The van der Waals surface area contributed by atoms with Gasteiger partial charge in [-0.2, -0.15) is 0 Å². The molecule has 0 aromatic heterocycles. The van der Waals surface area contributed by atoms with Crippen LogP contribution >= 0.6 is 11.6 Å². The van der Waals surface area contributed by atoms with Crippen LogP contribution in [-0.4, -0.2) is 13.4 Å². The summed E-state index contributed by atoms with van der Waals surface area (Å²) in [6, 6.07) is 9.04. The SMILES string of the molecule is COc1ccc(-c2cc(F)ccc2C=O)cc1Cl. The van der Waals surface area contributed by atoms with E-state index in [9.17, 15) is 9.18 Å². The van der Waals surface area contributed by atoms with Crippen molar-refractivity contribution in [3.63, 3.8) is 0 Å². The molecule has 2 rings (SSSR count). The van der Waals surface area contributed by atoms with Gasteiger partial charge in [0, 0.05) is 5.56 Å². The molecule has 0 aliphatic rings. The molecule has 18 heavy (non-hydrogen) atoms. The molecule has 0 amide bonds. The molecule has 2 nitrogen and oxygen atoms in total. The minimum atomic E-state index is -0.400. The Hall–Kier alpha value is -1.87. The van der Waals surface area contributed by atoms with Crippen LogP contribution in [0.3, 0.4) is 0 Å². The summed E-state index contributed by atoms with van der Waals surface area (Å²) in [5, 5.41) is 0.413. The largest absolute Gasteiger partial charge is 0.495 e. The van der Waals surface area contributed by atoms with Crippen LogP contribution in [0.1, 0.15) is 10.4 Å². The van der Waals surface area contributed by atoms with Crippen molar-refractivity contribution in [2.24, 2.45) is 0 Å². The average Bonchev–Trinajstić information content (AvgIpc) is 2.38. The number of ether oxygens (including phenoxy) is 1. The van der Waals surface area contributed by atoms with E-state index in [4.69, 9.17) is 16.3 Å². The van der Waals surface area contributed by atoms with E-state index in [1.165, 1.54) is 25.3 Å². The normalized spacial score (nSPS) is 10.2. The standard InChI is InChI=1S/C14H10ClFO2/c1-18-14-5-3-9(6-13(14)15)12-7-11(16)4-2-10(12)8-17/h2-8H,1H3. The third-order valence-electron chi connectivity index (χ3n) is 2.61. The molecule has 0 radical (unpaired) electrons. The Morgan fingerprint density at radius 3 is 2.61 bits per heavy atom. The van der Waals surface area contributed by atoms with Crippen LogP contribution in [0.5, 0.6) is 5.75 Å². The highest BCUT2D eigenvalue weighted by Gasteiger charge is 2.09. The second kappa shape index (κ2) is 5.19. The molecule has 0 saturated carbocycles. The van der Waals surface area contributed by atoms with E-state index in [2.05, 4.69) is 0 Å². The van der Waals surface area contributed by atoms with Gasteiger partial charge in [-0.05, 0) is 41.5 Å². The highest BCUT2D eigenvalue weighted by Crippen LogP contribution is 2.31. The topological polar surface area (TPSA) is 26.3 Å². The van der Waals surface area contributed by atoms with Crippen molar-refractivity contribution in [3.05, 3.63) is 52.8 Å². The van der Waals surface area contributed by atoms with E-state index < -0.39 is 5.82 Å². The van der Waals surface area contributed by atoms with E-state index in [0.29, 0.717) is 33.7 Å². The van der Waals surface area contributed by atoms with Gasteiger partial charge in [-0.25, -0.2) is 4.39 Å². The number of hydrogen-bond donors (Lipinski definition) is 0. The zero-order chi connectivity index (χ0) is 13.1. The van der Waals surface area contributed by atoms with Crippen molar-refractivity contribution in [3.8, 4) is 16.9 Å². The molecule has 0 saturated heterocycles. The molecule has 0 fully saturated rings. The number of carbonyl (C=O) groups is 1. The summed E-state index contributed by atoms with van der Waals surface area (Å²) in [5.74, 6) is 0.131. The lowest BCUT2D eigenvalue weighted by molar-refractivity contribution is 0.112. The monoisotopic (exact) mass is 264 g/mol. The van der Waals surface area contributed by atoms with Crippen LogP contribution in [0.4, 0.5) is 4.39 Å². The molecular weight excluding hydrogens is 255 g/mol. The fraction of sp³-hybridized carbons (Fsp3) is 0.0714. The van der Waals surface area contributed by atoms with Gasteiger partial charge in [0.2, 0.25) is 0 Å². The van der Waals surface area contributed by atoms with E-state index >= 15 is 0 Å². The lowest BCUT2D eigenvalue weighted by Crippen LogP contribution is -1.90. The van der Waals surface area contributed by atoms with Gasteiger partial charge >= 0.3 is 0 Å². The predicted molar refractivity (Wildman–Crippen MR) is 68.8 cm³/mol. The number of carbonyl (C=O) groups excluding carboxylic acids is 1. The molecule has 0 spiro atoms. The minimum absolute atomic E-state index is 0.400. The Morgan fingerprint density at radius 2 is 2.00 bits per heavy atom. The second-order valence-corrected chi connectivity index (χ2v) is 4.11. The third-order valence-corrected chi connectivity index (χ3v) is 2.90. The lowest BCUT2D eigenvalue weighted by Gasteiger charge is -2.08. The summed E-state index contributed by atoms with van der Waals surface area (Å²) in [6.07, 6.45) is 0.687. The van der Waals surface area contributed by atoms with Crippen LogP contribution in [0.25, 0.3) is 11.1 Å². The average molecular weight is 265 g/mol. The van der Waals surface area contributed by atoms with E-state index in [1.54, 1.807) is 18.2 Å². The molecule has 0 bridgehead atoms. The molecule has 2 aromatic rings. The number of halogens is 2. The highest BCUT2D eigenvalue weighted by atomic mass is 35.5. The molecule has 0 unspecified atom stereocenters. The zero-order valence-electron chi connectivity index (χ0n) is 9.61. The molecular formula is C14H10ClFO2. The van der Waals surface area contributed by atoms with E-state index in [-0.39, 0.29) is 0 Å². The zero-order valence-corrected chi connectivity index (χ0v) is 10.4. The summed E-state index contributed by atoms with van der Waals surface area (Å²) in [6.45, 7) is 0. The third kappa shape index (κ3) is 2.36. The van der Waals surface area contributed by atoms with Crippen molar-refractivity contribution in [2.75, 3.05) is 7.11 Å². The van der Waals surface area contributed by atoms with Crippen molar-refractivity contribution >= 4 is 17.9 Å². The molecule has 0 aliphatic heterocycles. The van der Waals surface area contributed by atoms with Crippen molar-refractivity contribution in [2.45, 2.75) is 0 Å². The first-order valence-corrected chi connectivity index (χ1v) is 5.62. The molecule has 92 valence electrons. The van der Waals surface area contributed by atoms with Crippen LogP contribution in [0, 0.1) is 5.82 Å². The minimum Gasteiger partial charge on any atom is -0.495 e. The first-order chi connectivity index (χ1) is 8.65. The number of hydrogen-bond acceptors (Lipinski definition) is 2. The first-order valence-electron chi connectivity index (χ1n) is 5.24. The maximum Gasteiger partial charge on any atom is 0.150 e. The molecule has 4 heteroatoms. The first kappa shape index (κ1) is 12.6. The molecule has 2 aromatic carbocycles. The van der Waals surface area contributed by atoms with Gasteiger partial charge in [-0.15, -0.1) is 0 Å². The Kier molecular flexibility index (Phi) is 3.63. The van der Waals surface area contributed by atoms with E-state index in [0.717, 1.165) is 0 Å². The quantitative estimate of drug-likeness (QED) is 0.784. The summed E-state index contributed by atoms with van der Waals surface area (Å²) < 4.78 is 18.3. The van der Waals surface area contributed by atoms with Crippen LogP contribution in [-0.2, 0) is 0 Å². The molecule has 0 heterocycles. The van der Waals surface area contributed by atoms with Gasteiger partial charge < -0.3 is 4.74 Å². The predicted octanol–water partition coefficient (Wildman–Crippen LogP) is 3.97. The van der Waals surface area contributed by atoms with E-state index in [1.807, 2.05) is 0 Å². The summed E-state index contributed by atoms with van der Waals surface area (Å²) in [7, 11) is 1.51. The van der Waals surface area contributed by atoms with Gasteiger partial charge in [0.05, 0.1) is 12.1 Å². The second-order valence-electron chi connectivity index (χ2n) is 3.70. The fourth-order valence-corrected chi connectivity index (χ4v) is 1.97. The number of benzene rings is 2. The number of rotatable bonds is 3. The van der Waals surface area contributed by atoms with Crippen LogP contribution in [0.15, 0.2) is 36.4 Å². The number of aldehydes is 1. The number of methoxy groups -OCH3 is 1. The smallest absolute Gasteiger partial charge is 0.150 e. The maximum atomic E-state index is 13.2. The van der Waals surface area contributed by atoms with Crippen molar-refractivity contribution in [1.82, 2.24) is 0 Å². The molecule has 0 atom stereocenters. The van der Waals surface area contributed by atoms with Gasteiger partial charge in [0.1, 0.15) is 11.6 Å². The van der Waals surface area contributed by atoms with Crippen LogP contribution in [0.2, 0.25) is 5.02 Å². The highest BCUT2D eigenvalue weighted by molar-refractivity contribution is 6.32. The Labute approximate surface area is 109 Å². The maximum absolute atomic E-state index is 13.2. The van der Waals surface area contributed by atoms with Crippen molar-refractivity contribution < 1.29 is 13.9 Å². The Balaban J connectivity index is 2.57. The fourth-order valence-electron chi connectivity index (χ4n) is 1.72.